The molecule has 5 heteroatoms. The molecule has 0 aliphatic rings. The lowest BCUT2D eigenvalue weighted by Gasteiger charge is -1.93. The van der Waals surface area contributed by atoms with E-state index in [0.29, 0.717) is 23.5 Å². The number of rotatable bonds is 6. The summed E-state index contributed by atoms with van der Waals surface area (Å²) in [5.74, 6) is -0.866. The molecule has 0 atom stereocenters. The number of carboxylic acids is 1. The normalized spacial score (nSPS) is 10.5. The van der Waals surface area contributed by atoms with Gasteiger partial charge in [0.2, 0.25) is 0 Å². The van der Waals surface area contributed by atoms with Crippen molar-refractivity contribution < 1.29 is 9.90 Å². The summed E-state index contributed by atoms with van der Waals surface area (Å²) in [6.07, 6.45) is 3.45. The Hall–Kier alpha value is -0.940. The predicted octanol–water partition coefficient (Wildman–Crippen LogP) is 1.69. The zero-order chi connectivity index (χ0) is 11.3. The number of carbonyl (C=O) groups is 1. The SMILES string of the molecule is CCc1nc(CCCCN)sc1C(=O)O. The first-order valence-corrected chi connectivity index (χ1v) is 5.92. The van der Waals surface area contributed by atoms with E-state index in [1.165, 1.54) is 11.3 Å². The minimum absolute atomic E-state index is 0.389. The maximum absolute atomic E-state index is 10.9. The van der Waals surface area contributed by atoms with Gasteiger partial charge < -0.3 is 10.8 Å². The van der Waals surface area contributed by atoms with E-state index in [1.807, 2.05) is 6.92 Å². The minimum Gasteiger partial charge on any atom is -0.477 e. The van der Waals surface area contributed by atoms with Crippen LogP contribution in [-0.4, -0.2) is 22.6 Å². The third kappa shape index (κ3) is 3.28. The Morgan fingerprint density at radius 1 is 1.53 bits per heavy atom. The number of thiazole rings is 1. The standard InChI is InChI=1S/C10H16N2O2S/c1-2-7-9(10(13)14)15-8(12-7)5-3-4-6-11/h2-6,11H2,1H3,(H,13,14). The number of unbranched alkanes of at least 4 members (excludes halogenated alkanes) is 1. The zero-order valence-corrected chi connectivity index (χ0v) is 9.64. The lowest BCUT2D eigenvalue weighted by atomic mass is 10.2. The van der Waals surface area contributed by atoms with E-state index in [1.54, 1.807) is 0 Å². The van der Waals surface area contributed by atoms with Crippen LogP contribution >= 0.6 is 11.3 Å². The number of aromatic carboxylic acids is 1. The average molecular weight is 228 g/mol. The monoisotopic (exact) mass is 228 g/mol. The summed E-state index contributed by atoms with van der Waals surface area (Å²) < 4.78 is 0. The van der Waals surface area contributed by atoms with E-state index in [-0.39, 0.29) is 0 Å². The molecule has 0 aromatic carbocycles. The van der Waals surface area contributed by atoms with Gasteiger partial charge in [-0.15, -0.1) is 11.3 Å². The van der Waals surface area contributed by atoms with E-state index in [0.717, 1.165) is 24.3 Å². The minimum atomic E-state index is -0.866. The first-order valence-electron chi connectivity index (χ1n) is 5.11. The van der Waals surface area contributed by atoms with Gasteiger partial charge in [0, 0.05) is 0 Å². The van der Waals surface area contributed by atoms with Gasteiger partial charge in [0.15, 0.2) is 0 Å². The van der Waals surface area contributed by atoms with Crippen LogP contribution in [0.1, 0.15) is 40.1 Å². The van der Waals surface area contributed by atoms with Crippen molar-refractivity contribution in [1.82, 2.24) is 4.98 Å². The van der Waals surface area contributed by atoms with E-state index < -0.39 is 5.97 Å². The van der Waals surface area contributed by atoms with Gasteiger partial charge in [-0.3, -0.25) is 0 Å². The second kappa shape index (κ2) is 5.82. The largest absolute Gasteiger partial charge is 0.477 e. The van der Waals surface area contributed by atoms with Gasteiger partial charge in [-0.25, -0.2) is 9.78 Å². The Balaban J connectivity index is 2.70. The summed E-state index contributed by atoms with van der Waals surface area (Å²) in [5.41, 5.74) is 6.09. The summed E-state index contributed by atoms with van der Waals surface area (Å²) in [6, 6.07) is 0. The molecule has 1 rings (SSSR count). The van der Waals surface area contributed by atoms with Crippen molar-refractivity contribution in [3.63, 3.8) is 0 Å². The van der Waals surface area contributed by atoms with E-state index in [4.69, 9.17) is 10.8 Å². The van der Waals surface area contributed by atoms with Gasteiger partial charge >= 0.3 is 5.97 Å². The van der Waals surface area contributed by atoms with Crippen LogP contribution in [0.15, 0.2) is 0 Å². The van der Waals surface area contributed by atoms with Crippen LogP contribution in [0.3, 0.4) is 0 Å². The van der Waals surface area contributed by atoms with Crippen molar-refractivity contribution in [3.05, 3.63) is 15.6 Å². The number of nitrogens with two attached hydrogens (primary N) is 1. The number of nitrogens with zero attached hydrogens (tertiary/aromatic N) is 1. The molecular weight excluding hydrogens is 212 g/mol. The molecule has 1 heterocycles. The molecule has 0 spiro atoms. The van der Waals surface area contributed by atoms with Crippen LogP contribution in [-0.2, 0) is 12.8 Å². The van der Waals surface area contributed by atoms with Crippen molar-refractivity contribution in [2.24, 2.45) is 5.73 Å². The first-order chi connectivity index (χ1) is 7.19. The molecule has 0 fully saturated rings. The van der Waals surface area contributed by atoms with Gasteiger partial charge in [0.25, 0.3) is 0 Å². The molecule has 0 aliphatic carbocycles. The van der Waals surface area contributed by atoms with E-state index >= 15 is 0 Å². The molecule has 3 N–H and O–H groups in total. The third-order valence-electron chi connectivity index (χ3n) is 2.12. The molecular formula is C10H16N2O2S. The van der Waals surface area contributed by atoms with Crippen LogP contribution in [0.25, 0.3) is 0 Å². The van der Waals surface area contributed by atoms with Crippen molar-refractivity contribution in [3.8, 4) is 0 Å². The molecule has 1 aromatic rings. The molecule has 15 heavy (non-hydrogen) atoms. The van der Waals surface area contributed by atoms with Crippen LogP contribution in [0.4, 0.5) is 0 Å². The quantitative estimate of drug-likeness (QED) is 0.726. The Morgan fingerprint density at radius 3 is 2.73 bits per heavy atom. The summed E-state index contributed by atoms with van der Waals surface area (Å²) in [6.45, 7) is 2.60. The third-order valence-corrected chi connectivity index (χ3v) is 3.26. The summed E-state index contributed by atoms with van der Waals surface area (Å²) in [7, 11) is 0. The molecule has 0 saturated carbocycles. The molecule has 1 aromatic heterocycles. The summed E-state index contributed by atoms with van der Waals surface area (Å²) >= 11 is 1.29. The Bertz CT molecular complexity index is 336. The number of hydrogen-bond acceptors (Lipinski definition) is 4. The number of aromatic nitrogens is 1. The molecule has 0 bridgehead atoms. The van der Waals surface area contributed by atoms with Crippen LogP contribution in [0, 0.1) is 0 Å². The molecule has 84 valence electrons. The Morgan fingerprint density at radius 2 is 2.27 bits per heavy atom. The smallest absolute Gasteiger partial charge is 0.347 e. The van der Waals surface area contributed by atoms with Crippen LogP contribution < -0.4 is 5.73 Å². The van der Waals surface area contributed by atoms with Gasteiger partial charge in [-0.05, 0) is 32.2 Å². The highest BCUT2D eigenvalue weighted by Gasteiger charge is 2.15. The van der Waals surface area contributed by atoms with Crippen molar-refractivity contribution in [1.29, 1.82) is 0 Å². The maximum atomic E-state index is 10.9. The molecule has 4 nitrogen and oxygen atoms in total. The highest BCUT2D eigenvalue weighted by atomic mass is 32.1. The highest BCUT2D eigenvalue weighted by Crippen LogP contribution is 2.20. The number of hydrogen-bond donors (Lipinski definition) is 2. The molecule has 0 saturated heterocycles. The number of carboxylic acid groups (broad SMARTS) is 1. The summed E-state index contributed by atoms with van der Waals surface area (Å²) in [4.78, 5) is 15.6. The Labute approximate surface area is 93.1 Å². The van der Waals surface area contributed by atoms with Crippen LogP contribution in [0.5, 0.6) is 0 Å². The molecule has 0 aliphatic heterocycles. The topological polar surface area (TPSA) is 76.2 Å². The molecule has 0 amide bonds. The van der Waals surface area contributed by atoms with Crippen LogP contribution in [0.2, 0.25) is 0 Å². The maximum Gasteiger partial charge on any atom is 0.347 e. The zero-order valence-electron chi connectivity index (χ0n) is 8.82. The van der Waals surface area contributed by atoms with E-state index in [2.05, 4.69) is 4.98 Å². The van der Waals surface area contributed by atoms with Crippen molar-refractivity contribution in [2.75, 3.05) is 6.54 Å². The fourth-order valence-electron chi connectivity index (χ4n) is 1.34. The first kappa shape index (κ1) is 12.1. The predicted molar refractivity (Wildman–Crippen MR) is 60.4 cm³/mol. The Kier molecular flexibility index (Phi) is 4.71. The van der Waals surface area contributed by atoms with Gasteiger partial charge in [-0.2, -0.15) is 0 Å². The lowest BCUT2D eigenvalue weighted by molar-refractivity contribution is 0.0701. The van der Waals surface area contributed by atoms with Gasteiger partial charge in [0.05, 0.1) is 10.7 Å². The highest BCUT2D eigenvalue weighted by molar-refractivity contribution is 7.13. The molecule has 0 radical (unpaired) electrons. The van der Waals surface area contributed by atoms with Crippen molar-refractivity contribution >= 4 is 17.3 Å². The fraction of sp³-hybridized carbons (Fsp3) is 0.600. The van der Waals surface area contributed by atoms with E-state index in [9.17, 15) is 4.79 Å². The lowest BCUT2D eigenvalue weighted by Crippen LogP contribution is -1.99. The molecule has 0 unspecified atom stereocenters. The fourth-order valence-corrected chi connectivity index (χ4v) is 2.37. The second-order valence-corrected chi connectivity index (χ2v) is 4.37. The summed E-state index contributed by atoms with van der Waals surface area (Å²) in [5, 5.41) is 9.85. The van der Waals surface area contributed by atoms with Gasteiger partial charge in [-0.1, -0.05) is 6.92 Å². The average Bonchev–Trinajstić information content (AvgIpc) is 2.62. The number of aryl methyl sites for hydroxylation is 2. The van der Waals surface area contributed by atoms with Crippen molar-refractivity contribution in [2.45, 2.75) is 32.6 Å². The van der Waals surface area contributed by atoms with Gasteiger partial charge in [0.1, 0.15) is 4.88 Å². The second-order valence-electron chi connectivity index (χ2n) is 3.29.